The first kappa shape index (κ1) is 11.6. The number of rotatable bonds is 1. The summed E-state index contributed by atoms with van der Waals surface area (Å²) in [5.41, 5.74) is 2.75. The summed E-state index contributed by atoms with van der Waals surface area (Å²) >= 11 is 0. The summed E-state index contributed by atoms with van der Waals surface area (Å²) in [6.07, 6.45) is 7.71. The van der Waals surface area contributed by atoms with Gasteiger partial charge in [-0.05, 0) is 47.9 Å². The van der Waals surface area contributed by atoms with E-state index in [0.717, 1.165) is 19.5 Å². The predicted octanol–water partition coefficient (Wildman–Crippen LogP) is 2.38. The molecule has 1 aliphatic heterocycles. The highest BCUT2D eigenvalue weighted by molar-refractivity contribution is 5.40. The second-order valence-corrected chi connectivity index (χ2v) is 5.69. The normalized spacial score (nSPS) is 30.6. The minimum absolute atomic E-state index is 0.394. The molecule has 0 spiro atoms. The first-order valence-electron chi connectivity index (χ1n) is 6.68. The third-order valence-corrected chi connectivity index (χ3v) is 4.53. The Balaban J connectivity index is 1.97. The summed E-state index contributed by atoms with van der Waals surface area (Å²) in [5.74, 6) is 4.36. The summed E-state index contributed by atoms with van der Waals surface area (Å²) in [6, 6.07) is 6.43. The van der Waals surface area contributed by atoms with Crippen LogP contribution in [0.4, 0.5) is 0 Å². The van der Waals surface area contributed by atoms with Gasteiger partial charge in [0.05, 0.1) is 6.54 Å². The SMILES string of the molecule is C#CCN1C[C@@H](C)[C@@H]2C[C@H]1Cc1ccc(O)cc12. The minimum atomic E-state index is 0.394. The zero-order valence-electron chi connectivity index (χ0n) is 10.8. The van der Waals surface area contributed by atoms with E-state index in [-0.39, 0.29) is 0 Å². The molecule has 2 heteroatoms. The second-order valence-electron chi connectivity index (χ2n) is 5.69. The number of aromatic hydroxyl groups is 1. The summed E-state index contributed by atoms with van der Waals surface area (Å²) < 4.78 is 0. The lowest BCUT2D eigenvalue weighted by atomic mass is 9.71. The first-order chi connectivity index (χ1) is 8.69. The molecule has 2 nitrogen and oxygen atoms in total. The molecule has 0 saturated carbocycles. The van der Waals surface area contributed by atoms with E-state index in [1.807, 2.05) is 6.07 Å². The highest BCUT2D eigenvalue weighted by Gasteiger charge is 2.38. The second kappa shape index (κ2) is 4.33. The zero-order valence-corrected chi connectivity index (χ0v) is 10.8. The Kier molecular flexibility index (Phi) is 2.80. The maximum absolute atomic E-state index is 9.67. The van der Waals surface area contributed by atoms with E-state index < -0.39 is 0 Å². The number of phenols is 1. The molecule has 94 valence electrons. The number of hydrogen-bond donors (Lipinski definition) is 1. The molecular weight excluding hydrogens is 222 g/mol. The molecule has 0 aromatic heterocycles. The fraction of sp³-hybridized carbons (Fsp3) is 0.500. The molecular formula is C16H19NO. The number of phenolic OH excluding ortho intramolecular Hbond substituents is 1. The van der Waals surface area contributed by atoms with Gasteiger partial charge in [0.1, 0.15) is 5.75 Å². The number of likely N-dealkylation sites (tertiary alicyclic amines) is 1. The van der Waals surface area contributed by atoms with Crippen LogP contribution in [0.5, 0.6) is 5.75 Å². The minimum Gasteiger partial charge on any atom is -0.508 e. The Morgan fingerprint density at radius 1 is 1.50 bits per heavy atom. The Hall–Kier alpha value is -1.46. The quantitative estimate of drug-likeness (QED) is 0.763. The van der Waals surface area contributed by atoms with Gasteiger partial charge >= 0.3 is 0 Å². The van der Waals surface area contributed by atoms with Crippen molar-refractivity contribution in [3.63, 3.8) is 0 Å². The van der Waals surface area contributed by atoms with Crippen LogP contribution in [0, 0.1) is 18.3 Å². The van der Waals surface area contributed by atoms with Gasteiger partial charge in [-0.25, -0.2) is 0 Å². The van der Waals surface area contributed by atoms with Gasteiger partial charge in [-0.1, -0.05) is 18.9 Å². The molecule has 1 aliphatic carbocycles. The van der Waals surface area contributed by atoms with Gasteiger partial charge in [0.15, 0.2) is 0 Å². The zero-order chi connectivity index (χ0) is 12.7. The fourth-order valence-corrected chi connectivity index (χ4v) is 3.64. The molecule has 1 fully saturated rings. The van der Waals surface area contributed by atoms with Crippen LogP contribution < -0.4 is 0 Å². The largest absolute Gasteiger partial charge is 0.508 e. The van der Waals surface area contributed by atoms with Crippen molar-refractivity contribution in [2.75, 3.05) is 13.1 Å². The van der Waals surface area contributed by atoms with Gasteiger partial charge in [0.2, 0.25) is 0 Å². The topological polar surface area (TPSA) is 23.5 Å². The molecule has 3 rings (SSSR count). The first-order valence-corrected chi connectivity index (χ1v) is 6.68. The maximum Gasteiger partial charge on any atom is 0.115 e. The number of fused-ring (bicyclic) bond motifs is 4. The third kappa shape index (κ3) is 1.79. The Morgan fingerprint density at radius 2 is 2.33 bits per heavy atom. The van der Waals surface area contributed by atoms with Gasteiger partial charge in [0, 0.05) is 12.6 Å². The Bertz CT molecular complexity index is 502. The van der Waals surface area contributed by atoms with E-state index in [9.17, 15) is 5.11 Å². The van der Waals surface area contributed by atoms with E-state index in [1.54, 1.807) is 6.07 Å². The lowest BCUT2D eigenvalue weighted by Crippen LogP contribution is -2.49. The number of terminal acetylenes is 1. The Labute approximate surface area is 109 Å². The number of nitrogens with zero attached hydrogens (tertiary/aromatic N) is 1. The molecule has 0 radical (unpaired) electrons. The predicted molar refractivity (Wildman–Crippen MR) is 72.5 cm³/mol. The van der Waals surface area contributed by atoms with Crippen LogP contribution in [-0.4, -0.2) is 29.1 Å². The highest BCUT2D eigenvalue weighted by atomic mass is 16.3. The third-order valence-electron chi connectivity index (χ3n) is 4.53. The molecule has 1 heterocycles. The van der Waals surface area contributed by atoms with Crippen molar-refractivity contribution in [1.82, 2.24) is 4.90 Å². The number of hydrogen-bond acceptors (Lipinski definition) is 2. The van der Waals surface area contributed by atoms with Crippen molar-refractivity contribution in [3.05, 3.63) is 29.3 Å². The lowest BCUT2D eigenvalue weighted by Gasteiger charge is -2.46. The molecule has 1 saturated heterocycles. The molecule has 2 bridgehead atoms. The van der Waals surface area contributed by atoms with Crippen LogP contribution in [0.3, 0.4) is 0 Å². The number of benzene rings is 1. The van der Waals surface area contributed by atoms with Gasteiger partial charge in [-0.15, -0.1) is 6.42 Å². The Morgan fingerprint density at radius 3 is 3.11 bits per heavy atom. The van der Waals surface area contributed by atoms with E-state index in [0.29, 0.717) is 23.6 Å². The molecule has 1 aromatic carbocycles. The molecule has 0 unspecified atom stereocenters. The van der Waals surface area contributed by atoms with Crippen molar-refractivity contribution in [3.8, 4) is 18.1 Å². The highest BCUT2D eigenvalue weighted by Crippen LogP contribution is 2.43. The molecule has 18 heavy (non-hydrogen) atoms. The monoisotopic (exact) mass is 241 g/mol. The standard InChI is InChI=1S/C16H19NO/c1-3-6-17-10-11(2)15-8-13(17)7-12-4-5-14(18)9-16(12)15/h1,4-5,9,11,13,15,18H,6-8,10H2,2H3/t11-,13-,15+/m1/s1. The van der Waals surface area contributed by atoms with Gasteiger partial charge in [-0.2, -0.15) is 0 Å². The summed E-state index contributed by atoms with van der Waals surface area (Å²) in [6.45, 7) is 4.13. The number of piperidine rings is 1. The summed E-state index contributed by atoms with van der Waals surface area (Å²) in [5, 5.41) is 9.67. The summed E-state index contributed by atoms with van der Waals surface area (Å²) in [7, 11) is 0. The average Bonchev–Trinajstić information content (AvgIpc) is 2.36. The average molecular weight is 241 g/mol. The molecule has 1 N–H and O–H groups in total. The van der Waals surface area contributed by atoms with E-state index in [2.05, 4.69) is 23.8 Å². The van der Waals surface area contributed by atoms with E-state index in [4.69, 9.17) is 6.42 Å². The fourth-order valence-electron chi connectivity index (χ4n) is 3.64. The van der Waals surface area contributed by atoms with Crippen LogP contribution in [-0.2, 0) is 6.42 Å². The van der Waals surface area contributed by atoms with Crippen LogP contribution in [0.1, 0.15) is 30.4 Å². The van der Waals surface area contributed by atoms with Crippen molar-refractivity contribution in [2.24, 2.45) is 5.92 Å². The van der Waals surface area contributed by atoms with Gasteiger partial charge in [0.25, 0.3) is 0 Å². The van der Waals surface area contributed by atoms with Crippen molar-refractivity contribution >= 4 is 0 Å². The van der Waals surface area contributed by atoms with Crippen LogP contribution in [0.25, 0.3) is 0 Å². The van der Waals surface area contributed by atoms with Gasteiger partial charge in [-0.3, -0.25) is 4.90 Å². The van der Waals surface area contributed by atoms with Gasteiger partial charge < -0.3 is 5.11 Å². The van der Waals surface area contributed by atoms with E-state index in [1.165, 1.54) is 17.5 Å². The van der Waals surface area contributed by atoms with Crippen LogP contribution >= 0.6 is 0 Å². The van der Waals surface area contributed by atoms with E-state index >= 15 is 0 Å². The van der Waals surface area contributed by atoms with Crippen LogP contribution in [0.15, 0.2) is 18.2 Å². The smallest absolute Gasteiger partial charge is 0.115 e. The van der Waals surface area contributed by atoms with Crippen molar-refractivity contribution in [1.29, 1.82) is 0 Å². The molecule has 1 aromatic rings. The maximum atomic E-state index is 9.67. The molecule has 3 atom stereocenters. The molecule has 0 amide bonds. The molecule has 2 aliphatic rings. The van der Waals surface area contributed by atoms with Crippen molar-refractivity contribution < 1.29 is 5.11 Å². The van der Waals surface area contributed by atoms with Crippen molar-refractivity contribution in [2.45, 2.75) is 31.7 Å². The summed E-state index contributed by atoms with van der Waals surface area (Å²) in [4.78, 5) is 2.44. The van der Waals surface area contributed by atoms with Crippen LogP contribution in [0.2, 0.25) is 0 Å². The lowest BCUT2D eigenvalue weighted by molar-refractivity contribution is 0.101.